The zero-order chi connectivity index (χ0) is 23.5. The topological polar surface area (TPSA) is 43.4 Å². The smallest absolute Gasteiger partial charge is 0.309 e. The first-order valence-electron chi connectivity index (χ1n) is 14.0. The lowest BCUT2D eigenvalue weighted by molar-refractivity contribution is -0.161. The summed E-state index contributed by atoms with van der Waals surface area (Å²) in [5.41, 5.74) is 2.21. The van der Waals surface area contributed by atoms with Crippen LogP contribution in [-0.2, 0) is 14.3 Å². The lowest BCUT2D eigenvalue weighted by atomic mass is 9.50. The summed E-state index contributed by atoms with van der Waals surface area (Å²) >= 11 is 0. The van der Waals surface area contributed by atoms with Gasteiger partial charge < -0.3 is 4.74 Å². The van der Waals surface area contributed by atoms with E-state index >= 15 is 0 Å². The van der Waals surface area contributed by atoms with E-state index in [2.05, 4.69) is 34.6 Å². The Kier molecular flexibility index (Phi) is 6.10. The molecular formula is C30H46O3. The second kappa shape index (κ2) is 8.52. The van der Waals surface area contributed by atoms with Crippen molar-refractivity contribution in [2.24, 2.45) is 52.3 Å². The summed E-state index contributed by atoms with van der Waals surface area (Å²) in [7, 11) is 0. The fourth-order valence-electron chi connectivity index (χ4n) is 9.09. The molecule has 0 aromatic carbocycles. The van der Waals surface area contributed by atoms with Crippen LogP contribution in [0.3, 0.4) is 0 Å². The van der Waals surface area contributed by atoms with Crippen LogP contribution in [0.5, 0.6) is 0 Å². The predicted octanol–water partition coefficient (Wildman–Crippen LogP) is 7.14. The van der Waals surface area contributed by atoms with Gasteiger partial charge in [-0.05, 0) is 117 Å². The Morgan fingerprint density at radius 3 is 2.48 bits per heavy atom. The van der Waals surface area contributed by atoms with E-state index in [4.69, 9.17) is 4.74 Å². The average molecular weight is 455 g/mol. The molecule has 0 aromatic rings. The van der Waals surface area contributed by atoms with Crippen LogP contribution in [-0.4, -0.2) is 17.9 Å². The van der Waals surface area contributed by atoms with E-state index < -0.39 is 6.10 Å². The van der Waals surface area contributed by atoms with E-state index in [9.17, 15) is 9.59 Å². The highest BCUT2D eigenvalue weighted by Gasteiger charge is 2.55. The van der Waals surface area contributed by atoms with Crippen LogP contribution in [0.4, 0.5) is 0 Å². The van der Waals surface area contributed by atoms with Gasteiger partial charge in [0.15, 0.2) is 11.9 Å². The monoisotopic (exact) mass is 454 g/mol. The number of ketones is 1. The highest BCUT2D eigenvalue weighted by Crippen LogP contribution is 2.63. The molecule has 5 aliphatic carbocycles. The second-order valence-electron chi connectivity index (χ2n) is 13.9. The Hall–Kier alpha value is -1.12. The van der Waals surface area contributed by atoms with Crippen molar-refractivity contribution in [2.75, 3.05) is 0 Å². The van der Waals surface area contributed by atoms with Crippen LogP contribution in [0, 0.1) is 52.3 Å². The molecule has 0 spiro atoms. The standard InChI is InChI=1S/C30H46O3/c1-18-15-20-16-25(31)26(33-28(32)19-8-10-21(11-9-19)29(2,3)4)17-23(20)22-12-14-30(5)13-6-7-24(30)27(18)22/h16,18-19,21-24,26-27H,6-15,17H2,1-5H3/t18?,19-,21-,22-,23+,24+,26?,27-,30+/m1/s1. The lowest BCUT2D eigenvalue weighted by Gasteiger charge is -2.55. The SMILES string of the molecule is CC1CC2=CC(=O)C(OC(=O)[C@H]3CC[C@H](C(C)(C)C)CC3)C[C@@H]2[C@H]2CC[C@]3(C)CCC[C@H]3[C@H]12. The first-order chi connectivity index (χ1) is 15.6. The van der Waals surface area contributed by atoms with Crippen molar-refractivity contribution in [1.82, 2.24) is 0 Å². The van der Waals surface area contributed by atoms with Crippen LogP contribution in [0.2, 0.25) is 0 Å². The second-order valence-corrected chi connectivity index (χ2v) is 13.9. The quantitative estimate of drug-likeness (QED) is 0.417. The molecule has 4 fully saturated rings. The Balaban J connectivity index is 1.26. The van der Waals surface area contributed by atoms with Crippen molar-refractivity contribution in [3.63, 3.8) is 0 Å². The fourth-order valence-corrected chi connectivity index (χ4v) is 9.09. The van der Waals surface area contributed by atoms with Gasteiger partial charge >= 0.3 is 5.97 Å². The van der Waals surface area contributed by atoms with Crippen LogP contribution in [0.1, 0.15) is 105 Å². The van der Waals surface area contributed by atoms with Gasteiger partial charge in [0.05, 0.1) is 5.92 Å². The third kappa shape index (κ3) is 4.25. The van der Waals surface area contributed by atoms with E-state index in [-0.39, 0.29) is 17.7 Å². The van der Waals surface area contributed by atoms with E-state index in [1.54, 1.807) is 0 Å². The summed E-state index contributed by atoms with van der Waals surface area (Å²) in [5, 5.41) is 0. The van der Waals surface area contributed by atoms with Crippen molar-refractivity contribution in [1.29, 1.82) is 0 Å². The van der Waals surface area contributed by atoms with Gasteiger partial charge in [-0.15, -0.1) is 0 Å². The van der Waals surface area contributed by atoms with Crippen molar-refractivity contribution < 1.29 is 14.3 Å². The Labute approximate surface area is 201 Å². The number of esters is 1. The molecule has 33 heavy (non-hydrogen) atoms. The minimum Gasteiger partial charge on any atom is -0.454 e. The molecule has 0 N–H and O–H groups in total. The summed E-state index contributed by atoms with van der Waals surface area (Å²) in [6, 6.07) is 0. The lowest BCUT2D eigenvalue weighted by Crippen LogP contribution is -2.49. The number of carbonyl (C=O) groups is 2. The fraction of sp³-hybridized carbons (Fsp3) is 0.867. The van der Waals surface area contributed by atoms with Crippen molar-refractivity contribution >= 4 is 11.8 Å². The molecule has 3 nitrogen and oxygen atoms in total. The molecule has 4 saturated carbocycles. The zero-order valence-electron chi connectivity index (χ0n) is 21.7. The van der Waals surface area contributed by atoms with Crippen LogP contribution in [0.15, 0.2) is 11.6 Å². The Bertz CT molecular complexity index is 811. The molecule has 0 radical (unpaired) electrons. The highest BCUT2D eigenvalue weighted by molar-refractivity contribution is 5.96. The third-order valence-corrected chi connectivity index (χ3v) is 11.0. The normalized spacial score (nSPS) is 45.5. The Morgan fingerprint density at radius 1 is 1.06 bits per heavy atom. The van der Waals surface area contributed by atoms with Crippen molar-refractivity contribution in [3.8, 4) is 0 Å². The molecule has 0 saturated heterocycles. The van der Waals surface area contributed by atoms with Crippen molar-refractivity contribution in [2.45, 2.75) is 111 Å². The molecular weight excluding hydrogens is 408 g/mol. The molecule has 5 rings (SSSR count). The maximum atomic E-state index is 13.1. The molecule has 0 heterocycles. The molecule has 5 aliphatic rings. The first-order valence-corrected chi connectivity index (χ1v) is 14.0. The molecule has 0 aromatic heterocycles. The maximum absolute atomic E-state index is 13.1. The third-order valence-electron chi connectivity index (χ3n) is 11.0. The molecule has 0 amide bonds. The van der Waals surface area contributed by atoms with Gasteiger partial charge in [-0.3, -0.25) is 9.59 Å². The number of fused-ring (bicyclic) bond motifs is 5. The molecule has 3 heteroatoms. The number of hydrogen-bond donors (Lipinski definition) is 0. The van der Waals surface area contributed by atoms with Gasteiger partial charge in [0.1, 0.15) is 0 Å². The van der Waals surface area contributed by atoms with E-state index in [0.29, 0.717) is 34.5 Å². The summed E-state index contributed by atoms with van der Waals surface area (Å²) < 4.78 is 5.99. The van der Waals surface area contributed by atoms with E-state index in [1.807, 2.05) is 6.08 Å². The first kappa shape index (κ1) is 23.6. The number of rotatable bonds is 2. The summed E-state index contributed by atoms with van der Waals surface area (Å²) in [5.74, 6) is 4.03. The zero-order valence-corrected chi connectivity index (χ0v) is 21.7. The van der Waals surface area contributed by atoms with Crippen LogP contribution >= 0.6 is 0 Å². The number of allylic oxidation sites excluding steroid dienone is 1. The van der Waals surface area contributed by atoms with E-state index in [1.165, 1.54) is 37.7 Å². The van der Waals surface area contributed by atoms with Gasteiger partial charge in [-0.2, -0.15) is 0 Å². The molecule has 2 unspecified atom stereocenters. The molecule has 0 aliphatic heterocycles. The van der Waals surface area contributed by atoms with Crippen LogP contribution in [0.25, 0.3) is 0 Å². The van der Waals surface area contributed by atoms with Crippen molar-refractivity contribution in [3.05, 3.63) is 11.6 Å². The Morgan fingerprint density at radius 2 is 1.79 bits per heavy atom. The van der Waals surface area contributed by atoms with Crippen LogP contribution < -0.4 is 0 Å². The summed E-state index contributed by atoms with van der Waals surface area (Å²) in [6.45, 7) is 11.9. The van der Waals surface area contributed by atoms with Gasteiger partial charge in [0.25, 0.3) is 0 Å². The minimum absolute atomic E-state index is 0.0187. The molecule has 0 bridgehead atoms. The molecule has 7 atom stereocenters. The predicted molar refractivity (Wildman–Crippen MR) is 131 cm³/mol. The maximum Gasteiger partial charge on any atom is 0.309 e. The van der Waals surface area contributed by atoms with Gasteiger partial charge in [-0.25, -0.2) is 0 Å². The van der Waals surface area contributed by atoms with E-state index in [0.717, 1.165) is 50.4 Å². The summed E-state index contributed by atoms with van der Waals surface area (Å²) in [6.07, 6.45) is 14.0. The minimum atomic E-state index is -0.544. The summed E-state index contributed by atoms with van der Waals surface area (Å²) in [4.78, 5) is 26.1. The largest absolute Gasteiger partial charge is 0.454 e. The average Bonchev–Trinajstić information content (AvgIpc) is 3.15. The van der Waals surface area contributed by atoms with Gasteiger partial charge in [0.2, 0.25) is 0 Å². The van der Waals surface area contributed by atoms with Gasteiger partial charge in [-0.1, -0.05) is 46.6 Å². The molecule has 184 valence electrons. The number of hydrogen-bond acceptors (Lipinski definition) is 3. The number of carbonyl (C=O) groups excluding carboxylic acids is 2. The number of ether oxygens (including phenoxy) is 1. The van der Waals surface area contributed by atoms with Gasteiger partial charge in [0, 0.05) is 0 Å². The highest BCUT2D eigenvalue weighted by atomic mass is 16.5.